The number of aliphatic hydroxyl groups is 1. The van der Waals surface area contributed by atoms with Gasteiger partial charge in [0.25, 0.3) is 0 Å². The zero-order chi connectivity index (χ0) is 24.6. The first kappa shape index (κ1) is 25.7. The van der Waals surface area contributed by atoms with Crippen molar-refractivity contribution in [1.82, 2.24) is 0 Å². The molecule has 2 aromatic carbocycles. The molecule has 0 spiro atoms. The number of hydrogen-bond donors (Lipinski definition) is 1. The lowest BCUT2D eigenvalue weighted by atomic mass is 10.0. The molecule has 1 N–H and O–H groups in total. The van der Waals surface area contributed by atoms with Crippen LogP contribution in [0.25, 0.3) is 0 Å². The summed E-state index contributed by atoms with van der Waals surface area (Å²) in [5.41, 5.74) is 4.26. The third-order valence-electron chi connectivity index (χ3n) is 6.50. The van der Waals surface area contributed by atoms with E-state index < -0.39 is 6.10 Å². The minimum absolute atomic E-state index is 0.118. The Morgan fingerprint density at radius 3 is 2.56 bits per heavy atom. The van der Waals surface area contributed by atoms with Crippen LogP contribution in [0.5, 0.6) is 5.75 Å². The van der Waals surface area contributed by atoms with Gasteiger partial charge in [-0.2, -0.15) is 5.26 Å². The Labute approximate surface area is 203 Å². The molecule has 0 saturated carbocycles. The molecule has 3 rings (SSSR count). The lowest BCUT2D eigenvalue weighted by Crippen LogP contribution is -2.48. The molecule has 1 aliphatic carbocycles. The second-order valence-corrected chi connectivity index (χ2v) is 9.89. The Kier molecular flexibility index (Phi) is 9.09. The van der Waals surface area contributed by atoms with E-state index in [1.54, 1.807) is 19.1 Å². The van der Waals surface area contributed by atoms with Gasteiger partial charge in [0.05, 0.1) is 32.8 Å². The van der Waals surface area contributed by atoms with Gasteiger partial charge in [0, 0.05) is 12.8 Å². The van der Waals surface area contributed by atoms with Gasteiger partial charge in [-0.1, -0.05) is 30.3 Å². The number of ether oxygens (including phenoxy) is 2. The summed E-state index contributed by atoms with van der Waals surface area (Å²) >= 11 is 0. The van der Waals surface area contributed by atoms with Gasteiger partial charge < -0.3 is 19.1 Å². The van der Waals surface area contributed by atoms with Crippen molar-refractivity contribution in [3.05, 3.63) is 64.7 Å². The quantitative estimate of drug-likeness (QED) is 0.382. The number of carbonyl (C=O) groups excluding carboxylic acids is 1. The van der Waals surface area contributed by atoms with Crippen molar-refractivity contribution in [3.8, 4) is 11.8 Å². The van der Waals surface area contributed by atoms with Crippen LogP contribution in [-0.4, -0.2) is 62.1 Å². The van der Waals surface area contributed by atoms with Crippen molar-refractivity contribution in [2.75, 3.05) is 40.4 Å². The molecule has 0 bridgehead atoms. The van der Waals surface area contributed by atoms with Crippen molar-refractivity contribution >= 4 is 5.97 Å². The van der Waals surface area contributed by atoms with E-state index in [4.69, 9.17) is 9.47 Å². The number of quaternary nitrogens is 1. The molecule has 0 aliphatic heterocycles. The summed E-state index contributed by atoms with van der Waals surface area (Å²) in [4.78, 5) is 11.6. The van der Waals surface area contributed by atoms with E-state index in [9.17, 15) is 15.2 Å². The molecule has 1 aliphatic rings. The van der Waals surface area contributed by atoms with Crippen LogP contribution in [0.1, 0.15) is 42.0 Å². The second-order valence-electron chi connectivity index (χ2n) is 9.89. The SMILES string of the molecule is CCOC(=O)CCc1ccc(C#N)c(OC[C@H](O)C[N+](C)(C)CCC2Cc3ccccc3C2)c1. The van der Waals surface area contributed by atoms with Crippen LogP contribution in [0.4, 0.5) is 0 Å². The Morgan fingerprint density at radius 2 is 1.91 bits per heavy atom. The molecular weight excluding hydrogens is 428 g/mol. The van der Waals surface area contributed by atoms with Gasteiger partial charge in [-0.25, -0.2) is 0 Å². The molecule has 6 nitrogen and oxygen atoms in total. The van der Waals surface area contributed by atoms with Gasteiger partial charge in [-0.05, 0) is 60.9 Å². The average Bonchev–Trinajstić information content (AvgIpc) is 3.23. The van der Waals surface area contributed by atoms with Gasteiger partial charge in [-0.15, -0.1) is 0 Å². The molecule has 0 heterocycles. The van der Waals surface area contributed by atoms with E-state index in [0.29, 0.717) is 41.3 Å². The summed E-state index contributed by atoms with van der Waals surface area (Å²) in [6, 6.07) is 16.1. The minimum atomic E-state index is -0.648. The lowest BCUT2D eigenvalue weighted by molar-refractivity contribution is -0.894. The van der Waals surface area contributed by atoms with Crippen molar-refractivity contribution in [1.29, 1.82) is 5.26 Å². The summed E-state index contributed by atoms with van der Waals surface area (Å²) in [5, 5.41) is 20.1. The predicted molar refractivity (Wildman–Crippen MR) is 131 cm³/mol. The number of aliphatic hydroxyl groups excluding tert-OH is 1. The monoisotopic (exact) mass is 465 g/mol. The molecule has 6 heteroatoms. The number of likely N-dealkylation sites (N-methyl/N-ethyl adjacent to an activating group) is 1. The fourth-order valence-electron chi connectivity index (χ4n) is 4.70. The number of esters is 1. The Balaban J connectivity index is 1.47. The van der Waals surface area contributed by atoms with Gasteiger partial charge in [-0.3, -0.25) is 4.79 Å². The molecule has 0 fully saturated rings. The van der Waals surface area contributed by atoms with Crippen molar-refractivity contribution in [3.63, 3.8) is 0 Å². The van der Waals surface area contributed by atoms with Crippen LogP contribution in [0.2, 0.25) is 0 Å². The topological polar surface area (TPSA) is 79.6 Å². The molecule has 0 saturated heterocycles. The average molecular weight is 466 g/mol. The fraction of sp³-hybridized carbons (Fsp3) is 0.500. The summed E-state index contributed by atoms with van der Waals surface area (Å²) in [6.07, 6.45) is 3.55. The molecule has 34 heavy (non-hydrogen) atoms. The molecule has 0 aromatic heterocycles. The molecule has 0 radical (unpaired) electrons. The van der Waals surface area contributed by atoms with E-state index >= 15 is 0 Å². The molecule has 2 aromatic rings. The highest BCUT2D eigenvalue weighted by Crippen LogP contribution is 2.29. The summed E-state index contributed by atoms with van der Waals surface area (Å²) in [6.45, 7) is 3.82. The molecular formula is C28H37N2O4+. The normalized spacial score (nSPS) is 14.3. The van der Waals surface area contributed by atoms with Gasteiger partial charge in [0.1, 0.15) is 31.1 Å². The zero-order valence-electron chi connectivity index (χ0n) is 20.6. The van der Waals surface area contributed by atoms with E-state index in [0.717, 1.165) is 31.4 Å². The number of nitrogens with zero attached hydrogens (tertiary/aromatic N) is 2. The Bertz CT molecular complexity index is 987. The lowest BCUT2D eigenvalue weighted by Gasteiger charge is -2.32. The van der Waals surface area contributed by atoms with E-state index in [1.165, 1.54) is 11.1 Å². The maximum absolute atomic E-state index is 11.6. The number of aryl methyl sites for hydroxylation is 1. The molecule has 0 unspecified atom stereocenters. The smallest absolute Gasteiger partial charge is 0.306 e. The molecule has 1 atom stereocenters. The van der Waals surface area contributed by atoms with Crippen molar-refractivity contribution in [2.24, 2.45) is 5.92 Å². The van der Waals surface area contributed by atoms with Crippen LogP contribution >= 0.6 is 0 Å². The zero-order valence-corrected chi connectivity index (χ0v) is 20.6. The van der Waals surface area contributed by atoms with Crippen LogP contribution in [-0.2, 0) is 28.8 Å². The Morgan fingerprint density at radius 1 is 1.21 bits per heavy atom. The number of benzene rings is 2. The minimum Gasteiger partial charge on any atom is -0.489 e. The third-order valence-corrected chi connectivity index (χ3v) is 6.50. The second kappa shape index (κ2) is 12.0. The number of fused-ring (bicyclic) bond motifs is 1. The highest BCUT2D eigenvalue weighted by atomic mass is 16.5. The van der Waals surface area contributed by atoms with Gasteiger partial charge >= 0.3 is 5.97 Å². The van der Waals surface area contributed by atoms with Gasteiger partial charge in [0.2, 0.25) is 0 Å². The van der Waals surface area contributed by atoms with E-state index in [2.05, 4.69) is 44.4 Å². The number of rotatable bonds is 12. The number of hydrogen-bond acceptors (Lipinski definition) is 5. The number of carbonyl (C=O) groups is 1. The summed E-state index contributed by atoms with van der Waals surface area (Å²) < 4.78 is 11.5. The van der Waals surface area contributed by atoms with E-state index in [-0.39, 0.29) is 19.0 Å². The largest absolute Gasteiger partial charge is 0.489 e. The van der Waals surface area contributed by atoms with Crippen LogP contribution in [0.15, 0.2) is 42.5 Å². The maximum Gasteiger partial charge on any atom is 0.306 e. The molecule has 182 valence electrons. The van der Waals surface area contributed by atoms with Crippen LogP contribution in [0, 0.1) is 17.2 Å². The standard InChI is InChI=1S/C28H37N2O4/c1-4-33-28(32)12-10-21-9-11-25(18-29)27(17-21)34-20-26(31)19-30(2,3)14-13-22-15-23-7-5-6-8-24(23)16-22/h5-9,11,17,22,26,31H,4,10,12-16,19-20H2,1-3H3/q+1/t26-/m1/s1. The van der Waals surface area contributed by atoms with Crippen LogP contribution in [0.3, 0.4) is 0 Å². The number of nitriles is 1. The first-order valence-corrected chi connectivity index (χ1v) is 12.2. The van der Waals surface area contributed by atoms with Gasteiger partial charge in [0.15, 0.2) is 0 Å². The van der Waals surface area contributed by atoms with Crippen molar-refractivity contribution < 1.29 is 23.9 Å². The predicted octanol–water partition coefficient (Wildman–Crippen LogP) is 3.68. The molecule has 0 amide bonds. The maximum atomic E-state index is 11.6. The Hall–Kier alpha value is -2.88. The van der Waals surface area contributed by atoms with Crippen molar-refractivity contribution in [2.45, 2.75) is 45.1 Å². The highest BCUT2D eigenvalue weighted by molar-refractivity contribution is 5.69. The first-order valence-electron chi connectivity index (χ1n) is 12.2. The van der Waals surface area contributed by atoms with Crippen LogP contribution < -0.4 is 4.74 Å². The summed E-state index contributed by atoms with van der Waals surface area (Å²) in [7, 11) is 4.28. The third kappa shape index (κ3) is 7.58. The summed E-state index contributed by atoms with van der Waals surface area (Å²) in [5.74, 6) is 0.863. The first-order chi connectivity index (χ1) is 16.3. The van der Waals surface area contributed by atoms with E-state index in [1.807, 2.05) is 6.07 Å². The fourth-order valence-corrected chi connectivity index (χ4v) is 4.70. The highest BCUT2D eigenvalue weighted by Gasteiger charge is 2.26.